The summed E-state index contributed by atoms with van der Waals surface area (Å²) in [5.74, 6) is -4.04. The van der Waals surface area contributed by atoms with Crippen LogP contribution < -0.4 is 17.2 Å². The Morgan fingerprint density at radius 1 is 1.30 bits per heavy atom. The van der Waals surface area contributed by atoms with E-state index in [1.54, 1.807) is 0 Å². The molecule has 23 heavy (non-hydrogen) atoms. The van der Waals surface area contributed by atoms with Gasteiger partial charge in [-0.1, -0.05) is 0 Å². The number of carboxylic acids is 1. The summed E-state index contributed by atoms with van der Waals surface area (Å²) >= 11 is 0. The van der Waals surface area contributed by atoms with Crippen molar-refractivity contribution in [2.45, 2.75) is 31.3 Å². The number of imide groups is 1. The van der Waals surface area contributed by atoms with Gasteiger partial charge in [-0.25, -0.2) is 4.79 Å². The average molecular weight is 325 g/mol. The molecule has 0 aromatic heterocycles. The molecule has 0 saturated carbocycles. The quantitative estimate of drug-likeness (QED) is 0.126. The first-order valence-corrected chi connectivity index (χ1v) is 6.78. The molecule has 10 heteroatoms. The van der Waals surface area contributed by atoms with Gasteiger partial charge in [0, 0.05) is 18.7 Å². The zero-order chi connectivity index (χ0) is 17.8. The van der Waals surface area contributed by atoms with E-state index in [2.05, 4.69) is 4.99 Å². The molecule has 0 spiro atoms. The Kier molecular flexibility index (Phi) is 5.57. The van der Waals surface area contributed by atoms with E-state index in [0.29, 0.717) is 4.90 Å². The fourth-order valence-electron chi connectivity index (χ4n) is 2.19. The van der Waals surface area contributed by atoms with Crippen LogP contribution in [0.15, 0.2) is 17.1 Å². The fourth-order valence-corrected chi connectivity index (χ4v) is 2.19. The Morgan fingerprint density at radius 2 is 1.83 bits per heavy atom. The fraction of sp³-hybridized carbons (Fsp3) is 0.462. The van der Waals surface area contributed by atoms with E-state index < -0.39 is 35.1 Å². The van der Waals surface area contributed by atoms with E-state index in [4.69, 9.17) is 17.2 Å². The van der Waals surface area contributed by atoms with Crippen LogP contribution in [0.1, 0.15) is 19.8 Å². The lowest BCUT2D eigenvalue weighted by Crippen LogP contribution is -2.61. The number of Topliss-reactive ketones (excluding diaryl/α,β-unsaturated/α-hetero) is 1. The van der Waals surface area contributed by atoms with Gasteiger partial charge in [0.1, 0.15) is 0 Å². The van der Waals surface area contributed by atoms with Gasteiger partial charge in [-0.15, -0.1) is 0 Å². The Labute approximate surface area is 132 Å². The standard InChI is InChI=1S/C13H19N5O5/c1-7(18-8(19)3-4-9(18)20)10(21)13(16,11(22)23)5-2-6-17-12(14)15/h3-4,7H,2,5-6,16H2,1H3,(H,22,23)(H4,14,15,17). The van der Waals surface area contributed by atoms with Crippen molar-refractivity contribution in [3.63, 3.8) is 0 Å². The third-order valence-electron chi connectivity index (χ3n) is 3.46. The molecule has 1 aliphatic rings. The Hall–Kier alpha value is -2.75. The molecule has 2 atom stereocenters. The number of carboxylic acid groups (broad SMARTS) is 1. The topological polar surface area (TPSA) is 182 Å². The Morgan fingerprint density at radius 3 is 2.26 bits per heavy atom. The first-order valence-electron chi connectivity index (χ1n) is 6.78. The maximum absolute atomic E-state index is 12.4. The first kappa shape index (κ1) is 18.3. The minimum Gasteiger partial charge on any atom is -0.480 e. The molecule has 7 N–H and O–H groups in total. The first-order chi connectivity index (χ1) is 10.6. The highest BCUT2D eigenvalue weighted by Crippen LogP contribution is 2.19. The second-order valence-corrected chi connectivity index (χ2v) is 5.11. The molecular weight excluding hydrogens is 306 g/mol. The van der Waals surface area contributed by atoms with Crippen LogP contribution in [0.3, 0.4) is 0 Å². The largest absolute Gasteiger partial charge is 0.480 e. The molecule has 2 unspecified atom stereocenters. The van der Waals surface area contributed by atoms with E-state index in [1.165, 1.54) is 6.92 Å². The summed E-state index contributed by atoms with van der Waals surface area (Å²) in [5, 5.41) is 9.30. The zero-order valence-corrected chi connectivity index (χ0v) is 12.6. The van der Waals surface area contributed by atoms with Crippen LogP contribution in [0.2, 0.25) is 0 Å². The summed E-state index contributed by atoms with van der Waals surface area (Å²) in [6, 6.07) is -1.30. The lowest BCUT2D eigenvalue weighted by molar-refractivity contribution is -0.154. The maximum atomic E-state index is 12.4. The Balaban J connectivity index is 2.89. The minimum absolute atomic E-state index is 0.0966. The Bertz CT molecular complexity index is 578. The van der Waals surface area contributed by atoms with Crippen LogP contribution >= 0.6 is 0 Å². The molecule has 1 rings (SSSR count). The van der Waals surface area contributed by atoms with Crippen molar-refractivity contribution in [2.24, 2.45) is 22.2 Å². The number of ketones is 1. The number of carbonyl (C=O) groups is 4. The van der Waals surface area contributed by atoms with Gasteiger partial charge >= 0.3 is 5.97 Å². The van der Waals surface area contributed by atoms with Crippen molar-refractivity contribution in [1.82, 2.24) is 4.90 Å². The summed E-state index contributed by atoms with van der Waals surface area (Å²) in [6.45, 7) is 1.35. The average Bonchev–Trinajstić information content (AvgIpc) is 2.80. The molecule has 0 fully saturated rings. The molecular formula is C13H19N5O5. The van der Waals surface area contributed by atoms with Gasteiger partial charge in [0.05, 0.1) is 6.04 Å². The summed E-state index contributed by atoms with van der Waals surface area (Å²) in [5.41, 5.74) is 13.8. The van der Waals surface area contributed by atoms with Crippen LogP contribution in [0.25, 0.3) is 0 Å². The van der Waals surface area contributed by atoms with Gasteiger partial charge in [-0.3, -0.25) is 24.3 Å². The summed E-state index contributed by atoms with van der Waals surface area (Å²) in [4.78, 5) is 51.4. The highest BCUT2D eigenvalue weighted by atomic mass is 16.4. The molecule has 0 aromatic rings. The number of carbonyl (C=O) groups excluding carboxylic acids is 3. The number of amides is 2. The highest BCUT2D eigenvalue weighted by Gasteiger charge is 2.47. The minimum atomic E-state index is -2.25. The lowest BCUT2D eigenvalue weighted by Gasteiger charge is -2.30. The molecule has 0 saturated heterocycles. The number of guanidine groups is 1. The third-order valence-corrected chi connectivity index (χ3v) is 3.46. The van der Waals surface area contributed by atoms with E-state index >= 15 is 0 Å². The number of aliphatic imine (C=N–C) groups is 1. The normalized spacial score (nSPS) is 17.7. The number of nitrogens with zero attached hydrogens (tertiary/aromatic N) is 2. The zero-order valence-electron chi connectivity index (χ0n) is 12.6. The van der Waals surface area contributed by atoms with Crippen LogP contribution in [0.4, 0.5) is 0 Å². The monoisotopic (exact) mass is 325 g/mol. The molecule has 10 nitrogen and oxygen atoms in total. The molecule has 0 bridgehead atoms. The van der Waals surface area contributed by atoms with Gasteiger partial charge in [-0.2, -0.15) is 0 Å². The van der Waals surface area contributed by atoms with Crippen molar-refractivity contribution >= 4 is 29.5 Å². The van der Waals surface area contributed by atoms with Crippen molar-refractivity contribution in [1.29, 1.82) is 0 Å². The molecule has 2 amide bonds. The van der Waals surface area contributed by atoms with Crippen LogP contribution in [0, 0.1) is 0 Å². The number of aliphatic carboxylic acids is 1. The predicted molar refractivity (Wildman–Crippen MR) is 79.9 cm³/mol. The number of nitrogens with two attached hydrogens (primary N) is 3. The van der Waals surface area contributed by atoms with E-state index in [9.17, 15) is 24.3 Å². The van der Waals surface area contributed by atoms with Crippen LogP contribution in [0.5, 0.6) is 0 Å². The molecule has 0 aromatic carbocycles. The smallest absolute Gasteiger partial charge is 0.331 e. The predicted octanol–water partition coefficient (Wildman–Crippen LogP) is -2.30. The van der Waals surface area contributed by atoms with E-state index in [1.807, 2.05) is 0 Å². The summed E-state index contributed by atoms with van der Waals surface area (Å²) < 4.78 is 0. The molecule has 126 valence electrons. The van der Waals surface area contributed by atoms with Crippen molar-refractivity contribution < 1.29 is 24.3 Å². The highest BCUT2D eigenvalue weighted by molar-refractivity contribution is 6.18. The third kappa shape index (κ3) is 3.92. The molecule has 1 aliphatic heterocycles. The van der Waals surface area contributed by atoms with Gasteiger partial charge in [-0.05, 0) is 19.8 Å². The number of rotatable bonds is 8. The van der Waals surface area contributed by atoms with E-state index in [0.717, 1.165) is 12.2 Å². The van der Waals surface area contributed by atoms with Gasteiger partial charge in [0.15, 0.2) is 17.3 Å². The molecule has 1 heterocycles. The molecule has 0 radical (unpaired) electrons. The SMILES string of the molecule is CC(C(=O)C(N)(CCCN=C(N)N)C(=O)O)N1C(=O)C=CC1=O. The van der Waals surface area contributed by atoms with Crippen molar-refractivity contribution in [2.75, 3.05) is 6.54 Å². The van der Waals surface area contributed by atoms with Crippen molar-refractivity contribution in [3.05, 3.63) is 12.2 Å². The van der Waals surface area contributed by atoms with Crippen LogP contribution in [-0.2, 0) is 19.2 Å². The van der Waals surface area contributed by atoms with Gasteiger partial charge in [0.2, 0.25) is 0 Å². The van der Waals surface area contributed by atoms with Gasteiger partial charge < -0.3 is 22.3 Å². The van der Waals surface area contributed by atoms with E-state index in [-0.39, 0.29) is 25.3 Å². The maximum Gasteiger partial charge on any atom is 0.331 e. The summed E-state index contributed by atoms with van der Waals surface area (Å²) in [7, 11) is 0. The number of hydrogen-bond acceptors (Lipinski definition) is 6. The lowest BCUT2D eigenvalue weighted by atomic mass is 9.86. The second-order valence-electron chi connectivity index (χ2n) is 5.11. The summed E-state index contributed by atoms with van der Waals surface area (Å²) in [6.07, 6.45) is 1.90. The number of hydrogen-bond donors (Lipinski definition) is 4. The second kappa shape index (κ2) is 7.01. The van der Waals surface area contributed by atoms with Crippen LogP contribution in [-0.4, -0.2) is 57.7 Å². The van der Waals surface area contributed by atoms with Crippen molar-refractivity contribution in [3.8, 4) is 0 Å². The molecule has 0 aliphatic carbocycles. The van der Waals surface area contributed by atoms with Gasteiger partial charge in [0.25, 0.3) is 11.8 Å².